The first-order valence-electron chi connectivity index (χ1n) is 7.24. The van der Waals surface area contributed by atoms with Gasteiger partial charge in [0.15, 0.2) is 0 Å². The molecule has 0 aromatic heterocycles. The summed E-state index contributed by atoms with van der Waals surface area (Å²) >= 11 is 0. The van der Waals surface area contributed by atoms with Gasteiger partial charge in [0, 0.05) is 26.2 Å². The molecule has 0 aliphatic carbocycles. The summed E-state index contributed by atoms with van der Waals surface area (Å²) in [6.07, 6.45) is 0.771. The lowest BCUT2D eigenvalue weighted by Gasteiger charge is -2.35. The summed E-state index contributed by atoms with van der Waals surface area (Å²) in [7, 11) is -1.82. The Hall–Kier alpha value is -0.950. The zero-order valence-electron chi connectivity index (χ0n) is 12.8. The van der Waals surface area contributed by atoms with E-state index in [9.17, 15) is 8.42 Å². The largest absolute Gasteiger partial charge is 0.380 e. The highest BCUT2D eigenvalue weighted by Gasteiger charge is 2.33. The molecule has 0 spiro atoms. The van der Waals surface area contributed by atoms with E-state index in [4.69, 9.17) is 10.5 Å². The highest BCUT2D eigenvalue weighted by molar-refractivity contribution is 7.89. The van der Waals surface area contributed by atoms with Crippen molar-refractivity contribution in [2.75, 3.05) is 20.2 Å². The van der Waals surface area contributed by atoms with Gasteiger partial charge in [0.1, 0.15) is 0 Å². The summed E-state index contributed by atoms with van der Waals surface area (Å²) in [5.41, 5.74) is 6.72. The molecule has 118 valence electrons. The fourth-order valence-corrected chi connectivity index (χ4v) is 4.09. The van der Waals surface area contributed by atoms with Crippen molar-refractivity contribution in [1.29, 1.82) is 0 Å². The van der Waals surface area contributed by atoms with Crippen LogP contribution in [0, 0.1) is 5.92 Å². The van der Waals surface area contributed by atoms with Gasteiger partial charge in [-0.15, -0.1) is 0 Å². The molecule has 2 N–H and O–H groups in total. The van der Waals surface area contributed by atoms with Crippen molar-refractivity contribution in [2.45, 2.75) is 37.3 Å². The number of methoxy groups -OCH3 is 1. The summed E-state index contributed by atoms with van der Waals surface area (Å²) in [6, 6.07) is 6.72. The Bertz CT molecular complexity index is 569. The quantitative estimate of drug-likeness (QED) is 0.919. The third kappa shape index (κ3) is 3.45. The highest BCUT2D eigenvalue weighted by Crippen LogP contribution is 2.25. The van der Waals surface area contributed by atoms with Gasteiger partial charge < -0.3 is 10.5 Å². The minimum atomic E-state index is -3.46. The van der Waals surface area contributed by atoms with Crippen LogP contribution in [0.3, 0.4) is 0 Å². The van der Waals surface area contributed by atoms with Crippen LogP contribution in [0.1, 0.15) is 31.9 Å². The fraction of sp³-hybridized carbons (Fsp3) is 0.600. The molecular weight excluding hydrogens is 288 g/mol. The van der Waals surface area contributed by atoms with Crippen LogP contribution in [-0.4, -0.2) is 39.0 Å². The number of sulfonamides is 1. The molecule has 6 heteroatoms. The van der Waals surface area contributed by atoms with Crippen LogP contribution in [0.25, 0.3) is 0 Å². The molecule has 1 aromatic rings. The Balaban J connectivity index is 2.21. The average molecular weight is 312 g/mol. The zero-order chi connectivity index (χ0) is 15.6. The molecule has 5 nitrogen and oxygen atoms in total. The van der Waals surface area contributed by atoms with Gasteiger partial charge in [-0.25, -0.2) is 8.42 Å². The third-order valence-corrected chi connectivity index (χ3v) is 6.08. The Morgan fingerprint density at radius 1 is 1.33 bits per heavy atom. The number of hydrogen-bond acceptors (Lipinski definition) is 4. The number of rotatable bonds is 4. The Labute approximate surface area is 127 Å². The molecule has 1 heterocycles. The number of hydrogen-bond donors (Lipinski definition) is 1. The van der Waals surface area contributed by atoms with E-state index >= 15 is 0 Å². The maximum Gasteiger partial charge on any atom is 0.243 e. The van der Waals surface area contributed by atoms with Crippen LogP contribution < -0.4 is 5.73 Å². The molecule has 21 heavy (non-hydrogen) atoms. The smallest absolute Gasteiger partial charge is 0.243 e. The first-order valence-corrected chi connectivity index (χ1v) is 8.68. The Kier molecular flexibility index (Phi) is 5.03. The van der Waals surface area contributed by atoms with Gasteiger partial charge >= 0.3 is 0 Å². The fourth-order valence-electron chi connectivity index (χ4n) is 2.62. The topological polar surface area (TPSA) is 72.6 Å². The molecule has 1 aliphatic heterocycles. The number of nitrogens with zero attached hydrogens (tertiary/aromatic N) is 1. The molecule has 3 unspecified atom stereocenters. The number of nitrogens with two attached hydrogens (primary N) is 1. The second kappa shape index (κ2) is 6.44. The van der Waals surface area contributed by atoms with Gasteiger partial charge in [0.05, 0.1) is 11.0 Å². The average Bonchev–Trinajstić information content (AvgIpc) is 2.47. The Morgan fingerprint density at radius 3 is 2.48 bits per heavy atom. The highest BCUT2D eigenvalue weighted by atomic mass is 32.2. The molecule has 1 fully saturated rings. The third-order valence-electron chi connectivity index (χ3n) is 4.20. The van der Waals surface area contributed by atoms with Crippen molar-refractivity contribution in [1.82, 2.24) is 4.31 Å². The van der Waals surface area contributed by atoms with Crippen molar-refractivity contribution >= 4 is 10.0 Å². The van der Waals surface area contributed by atoms with E-state index in [-0.39, 0.29) is 12.1 Å². The predicted octanol–water partition coefficient (Wildman–Crippen LogP) is 1.75. The number of piperidine rings is 1. The van der Waals surface area contributed by atoms with Crippen molar-refractivity contribution in [3.05, 3.63) is 29.8 Å². The lowest BCUT2D eigenvalue weighted by molar-refractivity contribution is 0.0184. The summed E-state index contributed by atoms with van der Waals surface area (Å²) in [5.74, 6) is 0.377. The molecule has 3 atom stereocenters. The summed E-state index contributed by atoms with van der Waals surface area (Å²) in [6.45, 7) is 4.92. The van der Waals surface area contributed by atoms with Crippen LogP contribution in [-0.2, 0) is 14.8 Å². The normalized spacial score (nSPS) is 25.7. The van der Waals surface area contributed by atoms with E-state index in [2.05, 4.69) is 6.92 Å². The molecule has 1 aliphatic rings. The molecule has 2 rings (SSSR count). The van der Waals surface area contributed by atoms with Gasteiger partial charge in [0.25, 0.3) is 0 Å². The monoisotopic (exact) mass is 312 g/mol. The minimum absolute atomic E-state index is 0.0446. The standard InChI is InChI=1S/C15H24N2O3S/c1-11-8-9-17(10-15(11)20-3)21(18,19)14-6-4-13(5-7-14)12(2)16/h4-7,11-12,15H,8-10,16H2,1-3H3. The molecular formula is C15H24N2O3S. The zero-order valence-corrected chi connectivity index (χ0v) is 13.6. The SMILES string of the molecule is COC1CN(S(=O)(=O)c2ccc(C(C)N)cc2)CCC1C. The van der Waals surface area contributed by atoms with Crippen LogP contribution in [0.15, 0.2) is 29.2 Å². The van der Waals surface area contributed by atoms with Crippen LogP contribution in [0.5, 0.6) is 0 Å². The van der Waals surface area contributed by atoms with Crippen molar-refractivity contribution in [3.8, 4) is 0 Å². The van der Waals surface area contributed by atoms with Crippen molar-refractivity contribution in [3.63, 3.8) is 0 Å². The second-order valence-electron chi connectivity index (χ2n) is 5.76. The van der Waals surface area contributed by atoms with Crippen LogP contribution in [0.2, 0.25) is 0 Å². The van der Waals surface area contributed by atoms with E-state index in [1.54, 1.807) is 31.4 Å². The molecule has 0 amide bonds. The maximum atomic E-state index is 12.7. The van der Waals surface area contributed by atoms with Crippen LogP contribution in [0.4, 0.5) is 0 Å². The van der Waals surface area contributed by atoms with Gasteiger partial charge in [0.2, 0.25) is 10.0 Å². The summed E-state index contributed by atoms with van der Waals surface area (Å²) in [5, 5.41) is 0. The van der Waals surface area contributed by atoms with E-state index < -0.39 is 10.0 Å². The van der Waals surface area contributed by atoms with E-state index in [1.807, 2.05) is 6.92 Å². The van der Waals surface area contributed by atoms with Gasteiger partial charge in [-0.05, 0) is 37.0 Å². The Morgan fingerprint density at radius 2 is 1.95 bits per heavy atom. The van der Waals surface area contributed by atoms with Gasteiger partial charge in [-0.3, -0.25) is 0 Å². The molecule has 1 aromatic carbocycles. The van der Waals surface area contributed by atoms with Crippen LogP contribution >= 0.6 is 0 Å². The summed E-state index contributed by atoms with van der Waals surface area (Å²) in [4.78, 5) is 0.316. The van der Waals surface area contributed by atoms with Gasteiger partial charge in [-0.1, -0.05) is 19.1 Å². The van der Waals surface area contributed by atoms with E-state index in [0.717, 1.165) is 12.0 Å². The van der Waals surface area contributed by atoms with E-state index in [1.165, 1.54) is 4.31 Å². The number of ether oxygens (including phenoxy) is 1. The van der Waals surface area contributed by atoms with Gasteiger partial charge in [-0.2, -0.15) is 4.31 Å². The molecule has 1 saturated heterocycles. The predicted molar refractivity (Wildman–Crippen MR) is 82.4 cm³/mol. The maximum absolute atomic E-state index is 12.7. The first kappa shape index (κ1) is 16.4. The molecule has 0 saturated carbocycles. The van der Waals surface area contributed by atoms with Crippen molar-refractivity contribution < 1.29 is 13.2 Å². The van der Waals surface area contributed by atoms with E-state index in [0.29, 0.717) is 23.9 Å². The second-order valence-corrected chi connectivity index (χ2v) is 7.70. The minimum Gasteiger partial charge on any atom is -0.380 e. The lowest BCUT2D eigenvalue weighted by atomic mass is 9.97. The molecule has 0 radical (unpaired) electrons. The van der Waals surface area contributed by atoms with Crippen molar-refractivity contribution in [2.24, 2.45) is 11.7 Å². The molecule has 0 bridgehead atoms. The lowest BCUT2D eigenvalue weighted by Crippen LogP contribution is -2.46. The first-order chi connectivity index (χ1) is 9.86. The summed E-state index contributed by atoms with van der Waals surface area (Å²) < 4.78 is 32.3. The number of benzene rings is 1.